The molecule has 142 valence electrons. The lowest BCUT2D eigenvalue weighted by Gasteiger charge is -2.36. The highest BCUT2D eigenvalue weighted by Gasteiger charge is 2.36. The molecule has 2 fully saturated rings. The number of piperidine rings is 1. The van der Waals surface area contributed by atoms with E-state index in [-0.39, 0.29) is 23.8 Å². The third kappa shape index (κ3) is 3.56. The van der Waals surface area contributed by atoms with Gasteiger partial charge in [-0.15, -0.1) is 5.10 Å². The summed E-state index contributed by atoms with van der Waals surface area (Å²) in [4.78, 5) is 29.8. The van der Waals surface area contributed by atoms with Crippen LogP contribution in [0.3, 0.4) is 0 Å². The van der Waals surface area contributed by atoms with Crippen molar-refractivity contribution in [1.82, 2.24) is 24.8 Å². The molecule has 1 atom stereocenters. The second kappa shape index (κ2) is 7.46. The van der Waals surface area contributed by atoms with Crippen molar-refractivity contribution >= 4 is 11.8 Å². The summed E-state index contributed by atoms with van der Waals surface area (Å²) in [6.45, 7) is 1.17. The number of hydrogen-bond donors (Lipinski definition) is 0. The van der Waals surface area contributed by atoms with Gasteiger partial charge in [0.25, 0.3) is 5.91 Å². The average Bonchev–Trinajstić information content (AvgIpc) is 3.35. The van der Waals surface area contributed by atoms with E-state index in [0.717, 1.165) is 5.69 Å². The van der Waals surface area contributed by atoms with Crippen LogP contribution in [-0.4, -0.2) is 69.0 Å². The maximum absolute atomic E-state index is 12.8. The van der Waals surface area contributed by atoms with Crippen molar-refractivity contribution in [2.45, 2.75) is 25.3 Å². The molecule has 8 heteroatoms. The van der Waals surface area contributed by atoms with Crippen LogP contribution in [0.15, 0.2) is 36.5 Å². The van der Waals surface area contributed by atoms with Gasteiger partial charge in [-0.3, -0.25) is 14.0 Å². The van der Waals surface area contributed by atoms with E-state index in [4.69, 9.17) is 0 Å². The number of hydrogen-bond acceptors (Lipinski definition) is 4. The number of rotatable bonds is 4. The first-order chi connectivity index (χ1) is 13.2. The molecule has 1 aromatic heterocycles. The Bertz CT molecular complexity index is 817. The van der Waals surface area contributed by atoms with Crippen molar-refractivity contribution in [1.29, 1.82) is 0 Å². The minimum absolute atomic E-state index is 0.0354. The van der Waals surface area contributed by atoms with Gasteiger partial charge in [-0.2, -0.15) is 9.90 Å². The van der Waals surface area contributed by atoms with E-state index in [2.05, 4.69) is 10.2 Å². The number of carbonyl (C=O) groups excluding carboxylic acids is 2. The van der Waals surface area contributed by atoms with Gasteiger partial charge in [0.15, 0.2) is 5.69 Å². The summed E-state index contributed by atoms with van der Waals surface area (Å²) in [5.74, 6) is -0.288. The van der Waals surface area contributed by atoms with Crippen molar-refractivity contribution in [3.63, 3.8) is 0 Å². The standard InChI is InChI=1S/C19H22FN5O2/c20-11-14-10-18(26)24(13-14)15-6-8-23(9-7-15)19(27)17-12-21-25(22-17)16-4-2-1-3-5-16/h1-5,12,14-15H,6-11,13H2. The Hall–Kier alpha value is -2.77. The Labute approximate surface area is 156 Å². The normalized spacial score (nSPS) is 21.1. The second-order valence-electron chi connectivity index (χ2n) is 7.15. The molecule has 0 radical (unpaired) electrons. The molecule has 0 N–H and O–H groups in total. The van der Waals surface area contributed by atoms with Crippen LogP contribution in [0.1, 0.15) is 29.8 Å². The molecule has 0 spiro atoms. The summed E-state index contributed by atoms with van der Waals surface area (Å²) in [5, 5.41) is 8.47. The number of nitrogens with zero attached hydrogens (tertiary/aromatic N) is 5. The minimum atomic E-state index is -0.448. The summed E-state index contributed by atoms with van der Waals surface area (Å²) in [6, 6.07) is 9.52. The van der Waals surface area contributed by atoms with Gasteiger partial charge in [0.2, 0.25) is 5.91 Å². The molecule has 0 bridgehead atoms. The van der Waals surface area contributed by atoms with Crippen LogP contribution >= 0.6 is 0 Å². The Morgan fingerprint density at radius 1 is 1.19 bits per heavy atom. The van der Waals surface area contributed by atoms with Crippen LogP contribution < -0.4 is 0 Å². The molecular weight excluding hydrogens is 349 g/mol. The number of alkyl halides is 1. The highest BCUT2D eigenvalue weighted by Crippen LogP contribution is 2.26. The molecule has 2 saturated heterocycles. The first-order valence-corrected chi connectivity index (χ1v) is 9.28. The van der Waals surface area contributed by atoms with E-state index >= 15 is 0 Å². The van der Waals surface area contributed by atoms with Crippen LogP contribution in [-0.2, 0) is 4.79 Å². The first kappa shape index (κ1) is 17.6. The molecule has 2 aromatic rings. The molecule has 1 aromatic carbocycles. The van der Waals surface area contributed by atoms with Crippen molar-refractivity contribution in [2.75, 3.05) is 26.3 Å². The van der Waals surface area contributed by atoms with Crippen molar-refractivity contribution < 1.29 is 14.0 Å². The number of carbonyl (C=O) groups is 2. The molecule has 7 nitrogen and oxygen atoms in total. The van der Waals surface area contributed by atoms with Gasteiger partial charge in [0.05, 0.1) is 18.6 Å². The van der Waals surface area contributed by atoms with Gasteiger partial charge >= 0.3 is 0 Å². The lowest BCUT2D eigenvalue weighted by molar-refractivity contribution is -0.130. The highest BCUT2D eigenvalue weighted by atomic mass is 19.1. The van der Waals surface area contributed by atoms with Gasteiger partial charge in [0.1, 0.15) is 0 Å². The van der Waals surface area contributed by atoms with Gasteiger partial charge < -0.3 is 9.80 Å². The maximum Gasteiger partial charge on any atom is 0.276 e. The zero-order chi connectivity index (χ0) is 18.8. The van der Waals surface area contributed by atoms with E-state index in [0.29, 0.717) is 44.6 Å². The SMILES string of the molecule is O=C(c1cnn(-c2ccccc2)n1)N1CCC(N2CC(CF)CC2=O)CC1. The first-order valence-electron chi connectivity index (χ1n) is 9.28. The number of aromatic nitrogens is 3. The predicted octanol–water partition coefficient (Wildman–Crippen LogP) is 1.69. The Morgan fingerprint density at radius 2 is 1.93 bits per heavy atom. The summed E-state index contributed by atoms with van der Waals surface area (Å²) in [5.41, 5.74) is 1.11. The molecule has 2 amide bonds. The average molecular weight is 371 g/mol. The van der Waals surface area contributed by atoms with Crippen LogP contribution in [0.4, 0.5) is 4.39 Å². The largest absolute Gasteiger partial charge is 0.339 e. The third-order valence-corrected chi connectivity index (χ3v) is 5.35. The Morgan fingerprint density at radius 3 is 2.59 bits per heavy atom. The smallest absolute Gasteiger partial charge is 0.276 e. The van der Waals surface area contributed by atoms with Gasteiger partial charge in [-0.05, 0) is 25.0 Å². The van der Waals surface area contributed by atoms with Gasteiger partial charge in [0, 0.05) is 38.0 Å². The maximum atomic E-state index is 12.8. The van der Waals surface area contributed by atoms with E-state index in [1.54, 1.807) is 9.80 Å². The molecule has 2 aliphatic rings. The molecule has 0 aliphatic carbocycles. The quantitative estimate of drug-likeness (QED) is 0.820. The Kier molecular flexibility index (Phi) is 4.87. The number of benzene rings is 1. The fourth-order valence-electron chi connectivity index (χ4n) is 3.85. The van der Waals surface area contributed by atoms with Crippen molar-refractivity contribution in [3.05, 3.63) is 42.2 Å². The van der Waals surface area contributed by atoms with E-state index in [1.807, 2.05) is 30.3 Å². The van der Waals surface area contributed by atoms with Gasteiger partial charge in [-0.1, -0.05) is 18.2 Å². The number of amides is 2. The lowest BCUT2D eigenvalue weighted by atomic mass is 10.0. The van der Waals surface area contributed by atoms with Crippen LogP contribution in [0.5, 0.6) is 0 Å². The molecular formula is C19H22FN5O2. The fraction of sp³-hybridized carbons (Fsp3) is 0.474. The van der Waals surface area contributed by atoms with Crippen molar-refractivity contribution in [3.8, 4) is 5.69 Å². The molecule has 27 heavy (non-hydrogen) atoms. The molecule has 3 heterocycles. The van der Waals surface area contributed by atoms with Crippen LogP contribution in [0.2, 0.25) is 0 Å². The molecule has 4 rings (SSSR count). The fourth-order valence-corrected chi connectivity index (χ4v) is 3.85. The summed E-state index contributed by atoms with van der Waals surface area (Å²) in [6.07, 6.45) is 3.21. The second-order valence-corrected chi connectivity index (χ2v) is 7.15. The zero-order valence-electron chi connectivity index (χ0n) is 15.0. The third-order valence-electron chi connectivity index (χ3n) is 5.35. The molecule has 0 saturated carbocycles. The van der Waals surface area contributed by atoms with Crippen molar-refractivity contribution in [2.24, 2.45) is 5.92 Å². The van der Waals surface area contributed by atoms with E-state index < -0.39 is 6.67 Å². The molecule has 1 unspecified atom stereocenters. The summed E-state index contributed by atoms with van der Waals surface area (Å²) in [7, 11) is 0. The number of halogens is 1. The van der Waals surface area contributed by atoms with Crippen LogP contribution in [0, 0.1) is 5.92 Å². The number of para-hydroxylation sites is 1. The summed E-state index contributed by atoms with van der Waals surface area (Å²) < 4.78 is 12.8. The lowest BCUT2D eigenvalue weighted by Crippen LogP contribution is -2.47. The monoisotopic (exact) mass is 371 g/mol. The molecule has 2 aliphatic heterocycles. The van der Waals surface area contributed by atoms with E-state index in [1.165, 1.54) is 11.0 Å². The topological polar surface area (TPSA) is 71.3 Å². The highest BCUT2D eigenvalue weighted by molar-refractivity contribution is 5.92. The predicted molar refractivity (Wildman–Crippen MR) is 96.1 cm³/mol. The van der Waals surface area contributed by atoms with Gasteiger partial charge in [-0.25, -0.2) is 0 Å². The van der Waals surface area contributed by atoms with E-state index in [9.17, 15) is 14.0 Å². The minimum Gasteiger partial charge on any atom is -0.339 e. The zero-order valence-corrected chi connectivity index (χ0v) is 15.0. The summed E-state index contributed by atoms with van der Waals surface area (Å²) >= 11 is 0. The van der Waals surface area contributed by atoms with Crippen LogP contribution in [0.25, 0.3) is 5.69 Å². The Balaban J connectivity index is 1.37. The number of likely N-dealkylation sites (tertiary alicyclic amines) is 2.